The van der Waals surface area contributed by atoms with Crippen LogP contribution in [0, 0.1) is 11.3 Å². The minimum Gasteiger partial charge on any atom is -0.306 e. The van der Waals surface area contributed by atoms with E-state index in [1.54, 1.807) is 0 Å². The van der Waals surface area contributed by atoms with Crippen molar-refractivity contribution in [3.8, 4) is 0 Å². The van der Waals surface area contributed by atoms with E-state index in [1.165, 1.54) is 64.7 Å². The van der Waals surface area contributed by atoms with Crippen molar-refractivity contribution in [2.45, 2.75) is 65.3 Å². The van der Waals surface area contributed by atoms with Crippen molar-refractivity contribution in [3.63, 3.8) is 0 Å². The summed E-state index contributed by atoms with van der Waals surface area (Å²) in [4.78, 5) is 4.99. The van der Waals surface area contributed by atoms with Gasteiger partial charge < -0.3 is 9.80 Å². The van der Waals surface area contributed by atoms with E-state index in [0.29, 0.717) is 0 Å². The normalized spacial score (nSPS) is 28.3. The van der Waals surface area contributed by atoms with Crippen molar-refractivity contribution >= 4 is 0 Å². The summed E-state index contributed by atoms with van der Waals surface area (Å²) in [7, 11) is 2.24. The average Bonchev–Trinajstić information content (AvgIpc) is 2.85. The molecule has 0 aromatic carbocycles. The Bertz CT molecular complexity index is 252. The SMILES string of the molecule is CC(C)N1CCCC1.CC1CC2(CCN(C)CC2)C1. The van der Waals surface area contributed by atoms with Gasteiger partial charge >= 0.3 is 0 Å². The molecular formula is C17H34N2. The molecule has 0 N–H and O–H groups in total. The van der Waals surface area contributed by atoms with Gasteiger partial charge in [-0.1, -0.05) is 6.92 Å². The summed E-state index contributed by atoms with van der Waals surface area (Å²) in [5.41, 5.74) is 0.811. The van der Waals surface area contributed by atoms with Gasteiger partial charge in [-0.3, -0.25) is 0 Å². The Morgan fingerprint density at radius 1 is 0.947 bits per heavy atom. The molecule has 0 amide bonds. The molecule has 3 rings (SSSR count). The van der Waals surface area contributed by atoms with E-state index < -0.39 is 0 Å². The van der Waals surface area contributed by atoms with Crippen LogP contribution in [0.1, 0.15) is 59.3 Å². The number of piperidine rings is 1. The van der Waals surface area contributed by atoms with E-state index in [2.05, 4.69) is 37.6 Å². The zero-order valence-corrected chi connectivity index (χ0v) is 13.6. The van der Waals surface area contributed by atoms with Gasteiger partial charge in [0.25, 0.3) is 0 Å². The zero-order chi connectivity index (χ0) is 13.9. The molecular weight excluding hydrogens is 232 g/mol. The first-order chi connectivity index (χ1) is 9.01. The predicted molar refractivity (Wildman–Crippen MR) is 83.5 cm³/mol. The number of likely N-dealkylation sites (tertiary alicyclic amines) is 2. The zero-order valence-electron chi connectivity index (χ0n) is 13.6. The van der Waals surface area contributed by atoms with Crippen molar-refractivity contribution in [1.82, 2.24) is 9.80 Å². The first-order valence-electron chi connectivity index (χ1n) is 8.43. The van der Waals surface area contributed by atoms with E-state index in [0.717, 1.165) is 17.4 Å². The highest BCUT2D eigenvalue weighted by atomic mass is 15.2. The Labute approximate surface area is 120 Å². The summed E-state index contributed by atoms with van der Waals surface area (Å²) in [6.45, 7) is 12.3. The molecule has 19 heavy (non-hydrogen) atoms. The minimum atomic E-state index is 0.775. The largest absolute Gasteiger partial charge is 0.306 e. The summed E-state index contributed by atoms with van der Waals surface area (Å²) in [6, 6.07) is 0.775. The first kappa shape index (κ1) is 15.3. The molecule has 0 radical (unpaired) electrons. The monoisotopic (exact) mass is 266 g/mol. The maximum absolute atomic E-state index is 2.53. The second-order valence-electron chi connectivity index (χ2n) is 7.65. The summed E-state index contributed by atoms with van der Waals surface area (Å²) >= 11 is 0. The lowest BCUT2D eigenvalue weighted by atomic mass is 9.58. The molecule has 0 atom stereocenters. The van der Waals surface area contributed by atoms with Gasteiger partial charge in [-0.15, -0.1) is 0 Å². The molecule has 1 saturated carbocycles. The quantitative estimate of drug-likeness (QED) is 0.715. The Kier molecular flexibility index (Phi) is 5.30. The van der Waals surface area contributed by atoms with Gasteiger partial charge in [-0.2, -0.15) is 0 Å². The Morgan fingerprint density at radius 3 is 1.84 bits per heavy atom. The van der Waals surface area contributed by atoms with Crippen molar-refractivity contribution in [1.29, 1.82) is 0 Å². The fraction of sp³-hybridized carbons (Fsp3) is 1.00. The lowest BCUT2D eigenvalue weighted by Crippen LogP contribution is -2.45. The molecule has 0 aromatic rings. The van der Waals surface area contributed by atoms with Gasteiger partial charge in [0.2, 0.25) is 0 Å². The molecule has 2 heteroatoms. The van der Waals surface area contributed by atoms with E-state index in [1.807, 2.05) is 0 Å². The molecule has 3 fully saturated rings. The summed E-state index contributed by atoms with van der Waals surface area (Å²) < 4.78 is 0. The van der Waals surface area contributed by atoms with E-state index >= 15 is 0 Å². The van der Waals surface area contributed by atoms with E-state index in [4.69, 9.17) is 0 Å². The Morgan fingerprint density at radius 2 is 1.47 bits per heavy atom. The number of hydrogen-bond donors (Lipinski definition) is 0. The number of hydrogen-bond acceptors (Lipinski definition) is 2. The summed E-state index contributed by atoms with van der Waals surface area (Å²) in [6.07, 6.45) is 8.79. The number of nitrogens with zero attached hydrogens (tertiary/aromatic N) is 2. The third-order valence-corrected chi connectivity index (χ3v) is 5.48. The van der Waals surface area contributed by atoms with Gasteiger partial charge in [0.15, 0.2) is 0 Å². The lowest BCUT2D eigenvalue weighted by molar-refractivity contribution is 0.000967. The van der Waals surface area contributed by atoms with Gasteiger partial charge in [0.05, 0.1) is 0 Å². The molecule has 2 saturated heterocycles. The van der Waals surface area contributed by atoms with Crippen LogP contribution in [-0.4, -0.2) is 49.1 Å². The highest BCUT2D eigenvalue weighted by Crippen LogP contribution is 2.51. The maximum Gasteiger partial charge on any atom is 0.00385 e. The fourth-order valence-corrected chi connectivity index (χ4v) is 4.18. The predicted octanol–water partition coefficient (Wildman–Crippen LogP) is 3.62. The van der Waals surface area contributed by atoms with Crippen LogP contribution in [0.25, 0.3) is 0 Å². The molecule has 1 aliphatic carbocycles. The molecule has 112 valence electrons. The standard InChI is InChI=1S/C10H19N.C7H15N/c1-9-7-10(8-9)3-5-11(2)6-4-10;1-7(2)8-5-3-4-6-8/h9H,3-8H2,1-2H3;7H,3-6H2,1-2H3. The van der Waals surface area contributed by atoms with Crippen molar-refractivity contribution in [3.05, 3.63) is 0 Å². The fourth-order valence-electron chi connectivity index (χ4n) is 4.18. The van der Waals surface area contributed by atoms with Gasteiger partial charge in [-0.25, -0.2) is 0 Å². The molecule has 0 aromatic heterocycles. The Hall–Kier alpha value is -0.0800. The molecule has 1 spiro atoms. The highest BCUT2D eigenvalue weighted by molar-refractivity contribution is 4.94. The smallest absolute Gasteiger partial charge is 0.00385 e. The molecule has 2 heterocycles. The topological polar surface area (TPSA) is 6.48 Å². The van der Waals surface area contributed by atoms with Gasteiger partial charge in [-0.05, 0) is 96.9 Å². The molecule has 3 aliphatic rings. The molecule has 2 aliphatic heterocycles. The van der Waals surface area contributed by atoms with Crippen LogP contribution in [0.4, 0.5) is 0 Å². The van der Waals surface area contributed by atoms with Crippen LogP contribution in [0.3, 0.4) is 0 Å². The second kappa shape index (κ2) is 6.58. The summed E-state index contributed by atoms with van der Waals surface area (Å²) in [5.74, 6) is 1.03. The maximum atomic E-state index is 2.53. The molecule has 2 nitrogen and oxygen atoms in total. The third kappa shape index (κ3) is 4.19. The van der Waals surface area contributed by atoms with Crippen LogP contribution in [0.5, 0.6) is 0 Å². The van der Waals surface area contributed by atoms with Crippen LogP contribution in [0.2, 0.25) is 0 Å². The molecule has 0 unspecified atom stereocenters. The van der Waals surface area contributed by atoms with E-state index in [-0.39, 0.29) is 0 Å². The average molecular weight is 266 g/mol. The van der Waals surface area contributed by atoms with Crippen LogP contribution in [0.15, 0.2) is 0 Å². The van der Waals surface area contributed by atoms with Crippen molar-refractivity contribution < 1.29 is 0 Å². The van der Waals surface area contributed by atoms with Crippen LogP contribution < -0.4 is 0 Å². The highest BCUT2D eigenvalue weighted by Gasteiger charge is 2.42. The lowest BCUT2D eigenvalue weighted by Gasteiger charge is -2.51. The first-order valence-corrected chi connectivity index (χ1v) is 8.43. The van der Waals surface area contributed by atoms with Gasteiger partial charge in [0, 0.05) is 6.04 Å². The second-order valence-corrected chi connectivity index (χ2v) is 7.65. The minimum absolute atomic E-state index is 0.775. The van der Waals surface area contributed by atoms with Crippen molar-refractivity contribution in [2.75, 3.05) is 33.2 Å². The van der Waals surface area contributed by atoms with Crippen molar-refractivity contribution in [2.24, 2.45) is 11.3 Å². The Balaban J connectivity index is 0.000000148. The number of rotatable bonds is 1. The van der Waals surface area contributed by atoms with Crippen LogP contribution >= 0.6 is 0 Å². The third-order valence-electron chi connectivity index (χ3n) is 5.48. The van der Waals surface area contributed by atoms with E-state index in [9.17, 15) is 0 Å². The summed E-state index contributed by atoms with van der Waals surface area (Å²) in [5, 5.41) is 0. The van der Waals surface area contributed by atoms with Gasteiger partial charge in [0.1, 0.15) is 0 Å². The molecule has 0 bridgehead atoms. The van der Waals surface area contributed by atoms with Crippen LogP contribution in [-0.2, 0) is 0 Å².